The maximum atomic E-state index is 13.0. The third-order valence-corrected chi connectivity index (χ3v) is 3.41. The first-order valence-electron chi connectivity index (χ1n) is 5.30. The normalized spacial score (nSPS) is 15.6. The third-order valence-electron chi connectivity index (χ3n) is 2.54. The molecule has 3 nitrogen and oxygen atoms in total. The van der Waals surface area contributed by atoms with Gasteiger partial charge in [-0.2, -0.15) is 13.2 Å². The molecule has 2 aromatic heterocycles. The topological polar surface area (TPSA) is 43.8 Å². The molecule has 0 saturated heterocycles. The van der Waals surface area contributed by atoms with E-state index in [1.807, 2.05) is 0 Å². The molecular formula is C11H12F3N3S. The van der Waals surface area contributed by atoms with Crippen LogP contribution in [-0.4, -0.2) is 21.8 Å². The van der Waals surface area contributed by atoms with Gasteiger partial charge in [0, 0.05) is 18.4 Å². The summed E-state index contributed by atoms with van der Waals surface area (Å²) in [5.41, 5.74) is 5.47. The molecule has 0 amide bonds. The second kappa shape index (κ2) is 4.74. The lowest BCUT2D eigenvalue weighted by Crippen LogP contribution is -2.39. The van der Waals surface area contributed by atoms with Crippen molar-refractivity contribution in [1.29, 1.82) is 0 Å². The van der Waals surface area contributed by atoms with Gasteiger partial charge < -0.3 is 10.3 Å². The Morgan fingerprint density at radius 3 is 2.67 bits per heavy atom. The Hall–Kier alpha value is -1.34. The van der Waals surface area contributed by atoms with Crippen molar-refractivity contribution in [1.82, 2.24) is 9.55 Å². The molecule has 2 N–H and O–H groups in total. The Morgan fingerprint density at radius 1 is 1.44 bits per heavy atom. The van der Waals surface area contributed by atoms with Crippen LogP contribution in [-0.2, 0) is 0 Å². The van der Waals surface area contributed by atoms with E-state index in [0.29, 0.717) is 10.7 Å². The van der Waals surface area contributed by atoms with E-state index in [0.717, 1.165) is 4.57 Å². The highest BCUT2D eigenvalue weighted by Gasteiger charge is 2.44. The van der Waals surface area contributed by atoms with Crippen molar-refractivity contribution >= 4 is 11.3 Å². The average Bonchev–Trinajstić information content (AvgIpc) is 2.82. The lowest BCUT2D eigenvalue weighted by Gasteiger charge is -2.26. The summed E-state index contributed by atoms with van der Waals surface area (Å²) >= 11 is 1.34. The lowest BCUT2D eigenvalue weighted by molar-refractivity contribution is -0.171. The summed E-state index contributed by atoms with van der Waals surface area (Å²) in [6.07, 6.45) is -1.73. The number of thiophene rings is 1. The van der Waals surface area contributed by atoms with Crippen LogP contribution in [0.3, 0.4) is 0 Å². The minimum Gasteiger partial charge on any atom is -0.326 e. The molecule has 0 fully saturated rings. The number of alkyl halides is 3. The van der Waals surface area contributed by atoms with Gasteiger partial charge in [-0.25, -0.2) is 4.98 Å². The van der Waals surface area contributed by atoms with E-state index in [-0.39, 0.29) is 0 Å². The van der Waals surface area contributed by atoms with E-state index in [1.165, 1.54) is 30.7 Å². The number of nitrogens with two attached hydrogens (primary N) is 1. The Labute approximate surface area is 106 Å². The molecule has 0 saturated carbocycles. The summed E-state index contributed by atoms with van der Waals surface area (Å²) in [5.74, 6) is 0.296. The van der Waals surface area contributed by atoms with Crippen molar-refractivity contribution in [2.45, 2.75) is 25.2 Å². The van der Waals surface area contributed by atoms with Crippen LogP contribution in [0.2, 0.25) is 0 Å². The zero-order chi connectivity index (χ0) is 13.3. The SMILES string of the molecule is CC(N)C(n1ccnc1-c1cccs1)C(F)(F)F. The monoisotopic (exact) mass is 275 g/mol. The van der Waals surface area contributed by atoms with Gasteiger partial charge in [-0.15, -0.1) is 11.3 Å². The first-order valence-corrected chi connectivity index (χ1v) is 6.18. The molecule has 2 unspecified atom stereocenters. The first kappa shape index (κ1) is 13.1. The highest BCUT2D eigenvalue weighted by Crippen LogP contribution is 2.36. The van der Waals surface area contributed by atoms with E-state index >= 15 is 0 Å². The number of hydrogen-bond donors (Lipinski definition) is 1. The fraction of sp³-hybridized carbons (Fsp3) is 0.364. The fourth-order valence-corrected chi connectivity index (χ4v) is 2.57. The molecule has 2 rings (SSSR count). The molecule has 2 heterocycles. The zero-order valence-electron chi connectivity index (χ0n) is 9.56. The van der Waals surface area contributed by atoms with Crippen molar-refractivity contribution in [3.8, 4) is 10.7 Å². The van der Waals surface area contributed by atoms with Crippen LogP contribution in [0.4, 0.5) is 13.2 Å². The van der Waals surface area contributed by atoms with Gasteiger partial charge in [-0.1, -0.05) is 6.07 Å². The number of aromatic nitrogens is 2. The quantitative estimate of drug-likeness (QED) is 0.935. The second-order valence-electron chi connectivity index (χ2n) is 3.98. The van der Waals surface area contributed by atoms with E-state index < -0.39 is 18.3 Å². The number of rotatable bonds is 3. The maximum Gasteiger partial charge on any atom is 0.410 e. The first-order chi connectivity index (χ1) is 8.41. The molecule has 0 spiro atoms. The van der Waals surface area contributed by atoms with Gasteiger partial charge in [-0.05, 0) is 18.4 Å². The van der Waals surface area contributed by atoms with Gasteiger partial charge in [0.25, 0.3) is 0 Å². The number of imidazole rings is 1. The summed E-state index contributed by atoms with van der Waals surface area (Å²) in [6.45, 7) is 1.34. The van der Waals surface area contributed by atoms with E-state index in [9.17, 15) is 13.2 Å². The van der Waals surface area contributed by atoms with Gasteiger partial charge in [0.1, 0.15) is 6.04 Å². The standard InChI is InChI=1S/C11H12F3N3S/c1-7(15)9(11(12,13)14)17-5-4-16-10(17)8-3-2-6-18-8/h2-7,9H,15H2,1H3. The van der Waals surface area contributed by atoms with Crippen LogP contribution >= 0.6 is 11.3 Å². The molecular weight excluding hydrogens is 263 g/mol. The third kappa shape index (κ3) is 2.41. The van der Waals surface area contributed by atoms with E-state index in [1.54, 1.807) is 17.5 Å². The van der Waals surface area contributed by atoms with Gasteiger partial charge in [0.2, 0.25) is 0 Å². The Morgan fingerprint density at radius 2 is 2.17 bits per heavy atom. The largest absolute Gasteiger partial charge is 0.410 e. The van der Waals surface area contributed by atoms with Crippen LogP contribution in [0.25, 0.3) is 10.7 Å². The molecule has 0 bridgehead atoms. The highest BCUT2D eigenvalue weighted by molar-refractivity contribution is 7.13. The number of halogens is 3. The van der Waals surface area contributed by atoms with E-state index in [2.05, 4.69) is 4.98 Å². The van der Waals surface area contributed by atoms with Gasteiger partial charge in [0.05, 0.1) is 4.88 Å². The predicted octanol–water partition coefficient (Wildman–Crippen LogP) is 3.06. The van der Waals surface area contributed by atoms with Gasteiger partial charge in [0.15, 0.2) is 5.82 Å². The van der Waals surface area contributed by atoms with Crippen molar-refractivity contribution in [3.63, 3.8) is 0 Å². The van der Waals surface area contributed by atoms with Crippen LogP contribution in [0.15, 0.2) is 29.9 Å². The van der Waals surface area contributed by atoms with Gasteiger partial charge >= 0.3 is 6.18 Å². The maximum absolute atomic E-state index is 13.0. The van der Waals surface area contributed by atoms with Crippen LogP contribution in [0, 0.1) is 0 Å². The average molecular weight is 275 g/mol. The summed E-state index contributed by atoms with van der Waals surface area (Å²) < 4.78 is 40.2. The molecule has 0 aliphatic heterocycles. The minimum atomic E-state index is -4.40. The van der Waals surface area contributed by atoms with Crippen molar-refractivity contribution in [2.24, 2.45) is 5.73 Å². The van der Waals surface area contributed by atoms with Gasteiger partial charge in [-0.3, -0.25) is 0 Å². The number of nitrogens with zero attached hydrogens (tertiary/aromatic N) is 2. The lowest BCUT2D eigenvalue weighted by atomic mass is 10.1. The summed E-state index contributed by atoms with van der Waals surface area (Å²) in [5, 5.41) is 1.79. The predicted molar refractivity (Wildman–Crippen MR) is 64.3 cm³/mol. The van der Waals surface area contributed by atoms with Crippen LogP contribution < -0.4 is 5.73 Å². The smallest absolute Gasteiger partial charge is 0.326 e. The molecule has 0 aliphatic carbocycles. The molecule has 0 radical (unpaired) electrons. The molecule has 0 aliphatic rings. The Kier molecular flexibility index (Phi) is 3.45. The minimum absolute atomic E-state index is 0.296. The molecule has 7 heteroatoms. The second-order valence-corrected chi connectivity index (χ2v) is 4.93. The van der Waals surface area contributed by atoms with Crippen molar-refractivity contribution < 1.29 is 13.2 Å². The molecule has 98 valence electrons. The fourth-order valence-electron chi connectivity index (χ4n) is 1.84. The molecule has 2 atom stereocenters. The van der Waals surface area contributed by atoms with Crippen molar-refractivity contribution in [3.05, 3.63) is 29.9 Å². The summed E-state index contributed by atoms with van der Waals surface area (Å²) in [6, 6.07) is 0.695. The molecule has 0 aromatic carbocycles. The summed E-state index contributed by atoms with van der Waals surface area (Å²) in [4.78, 5) is 4.68. The molecule has 18 heavy (non-hydrogen) atoms. The van der Waals surface area contributed by atoms with Crippen LogP contribution in [0.5, 0.6) is 0 Å². The molecule has 2 aromatic rings. The van der Waals surface area contributed by atoms with E-state index in [4.69, 9.17) is 5.73 Å². The van der Waals surface area contributed by atoms with Crippen LogP contribution in [0.1, 0.15) is 13.0 Å². The van der Waals surface area contributed by atoms with Crippen molar-refractivity contribution in [2.75, 3.05) is 0 Å². The zero-order valence-corrected chi connectivity index (χ0v) is 10.4. The highest BCUT2D eigenvalue weighted by atomic mass is 32.1. The Balaban J connectivity index is 2.47. The summed E-state index contributed by atoms with van der Waals surface area (Å²) in [7, 11) is 0. The number of hydrogen-bond acceptors (Lipinski definition) is 3. The Bertz CT molecular complexity index is 502.